The Balaban J connectivity index is 0.000000289. The minimum atomic E-state index is -4.94. The van der Waals surface area contributed by atoms with Crippen molar-refractivity contribution in [2.24, 2.45) is 9.98 Å². The van der Waals surface area contributed by atoms with Crippen LogP contribution in [0.4, 0.5) is 22.7 Å². The molecule has 0 aliphatic heterocycles. The number of carbonyl (C=O) groups is 2. The van der Waals surface area contributed by atoms with Gasteiger partial charge in [-0.05, 0) is 97.1 Å². The molecule has 6 rings (SSSR count). The Morgan fingerprint density at radius 2 is 0.811 bits per heavy atom. The number of ketones is 2. The third kappa shape index (κ3) is 15.4. The van der Waals surface area contributed by atoms with Gasteiger partial charge < -0.3 is 9.80 Å². The van der Waals surface area contributed by atoms with Crippen LogP contribution < -0.4 is 47.1 Å². The van der Waals surface area contributed by atoms with Crippen LogP contribution in [0.25, 0.3) is 0 Å². The Morgan fingerprint density at radius 3 is 1.09 bits per heavy atom. The first-order valence-corrected chi connectivity index (χ1v) is 17.1. The van der Waals surface area contributed by atoms with Gasteiger partial charge in [0.1, 0.15) is 11.4 Å². The molecule has 2 heterocycles. The average molecular weight is 812 g/mol. The topological polar surface area (TPSA) is 276 Å². The maximum atomic E-state index is 11.8. The van der Waals surface area contributed by atoms with Crippen molar-refractivity contribution in [2.45, 2.75) is 0 Å². The largest absolute Gasteiger partial charge is 2.00 e. The summed E-state index contributed by atoms with van der Waals surface area (Å²) < 4.78 is 67.9. The number of hydrogen-bond donors (Lipinski definition) is 0. The maximum absolute atomic E-state index is 11.8. The van der Waals surface area contributed by atoms with E-state index in [0.29, 0.717) is 11.4 Å². The molecule has 0 N–H and O–H groups in total. The van der Waals surface area contributed by atoms with Crippen molar-refractivity contribution in [1.29, 1.82) is 0 Å². The second-order valence-corrected chi connectivity index (χ2v) is 12.3. The van der Waals surface area contributed by atoms with E-state index in [0.717, 1.165) is 45.3 Å². The van der Waals surface area contributed by atoms with Crippen molar-refractivity contribution in [1.82, 2.24) is 9.97 Å². The van der Waals surface area contributed by atoms with E-state index in [1.807, 2.05) is 111 Å². The van der Waals surface area contributed by atoms with Crippen LogP contribution in [0.3, 0.4) is 0 Å². The van der Waals surface area contributed by atoms with Crippen LogP contribution in [0.2, 0.25) is 0 Å². The van der Waals surface area contributed by atoms with Crippen molar-refractivity contribution >= 4 is 45.7 Å². The summed E-state index contributed by atoms with van der Waals surface area (Å²) in [5.41, 5.74) is 7.95. The van der Waals surface area contributed by atoms with E-state index >= 15 is 0 Å². The van der Waals surface area contributed by atoms with Crippen molar-refractivity contribution in [2.75, 3.05) is 38.0 Å². The summed E-state index contributed by atoms with van der Waals surface area (Å²) >= 11 is 0. The quantitative estimate of drug-likeness (QED) is 0.181. The first-order chi connectivity index (χ1) is 24.3. The molecule has 0 amide bonds. The molecule has 2 aliphatic carbocycles. The smallest absolute Gasteiger partial charge is 0.378 e. The number of halogens is 2. The second-order valence-electron chi connectivity index (χ2n) is 10.8. The van der Waals surface area contributed by atoms with Crippen LogP contribution >= 0.6 is 0 Å². The summed E-state index contributed by atoms with van der Waals surface area (Å²) in [5, 5.41) is 0. The summed E-state index contributed by atoms with van der Waals surface area (Å²) in [6.07, 6.45) is 9.77. The van der Waals surface area contributed by atoms with E-state index < -0.39 is 20.5 Å². The Hall–Kier alpha value is -4.75. The van der Waals surface area contributed by atoms with Gasteiger partial charge in [0, 0.05) is 63.1 Å². The molecule has 0 atom stereocenters. The van der Waals surface area contributed by atoms with Crippen LogP contribution in [0.5, 0.6) is 0 Å². The zero-order valence-electron chi connectivity index (χ0n) is 28.2. The number of allylic oxidation sites excluding steroid dienone is 4. The number of carbonyl (C=O) groups excluding carboxylic acids is 2. The van der Waals surface area contributed by atoms with Gasteiger partial charge in [-0.25, -0.2) is 47.3 Å². The number of aromatic nitrogens is 2. The Kier molecular flexibility index (Phi) is 16.7. The molecule has 0 fully saturated rings. The summed E-state index contributed by atoms with van der Waals surface area (Å²) in [5.74, 6) is -0.153. The number of fused-ring (bicyclic) bond motifs is 2. The third-order valence-electron chi connectivity index (χ3n) is 6.65. The molecule has 53 heavy (non-hydrogen) atoms. The van der Waals surface area contributed by atoms with Gasteiger partial charge in [0.25, 0.3) is 0 Å². The zero-order chi connectivity index (χ0) is 38.6. The van der Waals surface area contributed by atoms with E-state index in [2.05, 4.69) is 20.0 Å². The van der Waals surface area contributed by atoms with E-state index in [9.17, 15) is 9.59 Å². The fraction of sp³-hybridized carbons (Fsp3) is 0.118. The SMILES string of the molecule is CN(C)c1ccc(N=C2C=CC(=O)c3ncccc32)cc1.CN(C)c1ccc(N=C2C=CC(=O)c3ncccc32)cc1.[Ni+2].[O-][Cl+3]([O-])([O-])[O-].[O-][Cl+3]([O-])([O-])[O-]. The number of anilines is 2. The summed E-state index contributed by atoms with van der Waals surface area (Å²) in [6.45, 7) is 0. The normalized spacial score (nSPS) is 14.3. The molecule has 19 heteroatoms. The molecule has 0 spiro atoms. The molecule has 0 saturated heterocycles. The number of pyridine rings is 2. The van der Waals surface area contributed by atoms with Crippen LogP contribution in [-0.4, -0.2) is 61.1 Å². The van der Waals surface area contributed by atoms with Crippen molar-refractivity contribution in [3.8, 4) is 0 Å². The average Bonchev–Trinajstić information content (AvgIpc) is 3.07. The minimum Gasteiger partial charge on any atom is -0.378 e. The Bertz CT molecular complexity index is 1820. The van der Waals surface area contributed by atoms with Gasteiger partial charge in [-0.15, -0.1) is 20.5 Å². The molecule has 0 saturated carbocycles. The van der Waals surface area contributed by atoms with Gasteiger partial charge in [-0.2, -0.15) is 0 Å². The summed E-state index contributed by atoms with van der Waals surface area (Å²) in [4.78, 5) is 45.2. The van der Waals surface area contributed by atoms with Crippen molar-refractivity contribution in [3.63, 3.8) is 0 Å². The monoisotopic (exact) mass is 810 g/mol. The van der Waals surface area contributed by atoms with Gasteiger partial charge in [0.15, 0.2) is 0 Å². The number of benzene rings is 2. The first kappa shape index (κ1) is 44.4. The van der Waals surface area contributed by atoms with E-state index in [1.165, 1.54) is 12.2 Å². The molecule has 280 valence electrons. The fourth-order valence-electron chi connectivity index (χ4n) is 4.39. The summed E-state index contributed by atoms with van der Waals surface area (Å²) in [7, 11) is -1.90. The van der Waals surface area contributed by atoms with Crippen LogP contribution in [0.15, 0.2) is 119 Å². The maximum Gasteiger partial charge on any atom is 2.00 e. The van der Waals surface area contributed by atoms with Gasteiger partial charge >= 0.3 is 16.5 Å². The molecule has 2 aromatic carbocycles. The minimum absolute atomic E-state index is 0. The van der Waals surface area contributed by atoms with E-state index in [1.54, 1.807) is 24.5 Å². The predicted octanol–water partition coefficient (Wildman–Crippen LogP) is -3.47. The molecular formula is C34H30Cl2N6NiO10. The number of rotatable bonds is 4. The molecule has 0 bridgehead atoms. The third-order valence-corrected chi connectivity index (χ3v) is 6.65. The molecule has 4 aromatic rings. The second kappa shape index (κ2) is 19.9. The Morgan fingerprint density at radius 1 is 0.509 bits per heavy atom. The number of nitrogens with zero attached hydrogens (tertiary/aromatic N) is 6. The van der Waals surface area contributed by atoms with Crippen LogP contribution in [0.1, 0.15) is 32.1 Å². The van der Waals surface area contributed by atoms with Crippen molar-refractivity contribution < 1.29 is 83.8 Å². The van der Waals surface area contributed by atoms with Gasteiger partial charge in [0.2, 0.25) is 11.6 Å². The van der Waals surface area contributed by atoms with Gasteiger partial charge in [-0.1, -0.05) is 0 Å². The molecule has 2 aliphatic rings. The van der Waals surface area contributed by atoms with E-state index in [4.69, 9.17) is 37.3 Å². The van der Waals surface area contributed by atoms with Crippen molar-refractivity contribution in [3.05, 3.63) is 132 Å². The first-order valence-electron chi connectivity index (χ1n) is 14.6. The molecule has 2 aromatic heterocycles. The number of aliphatic imine (C=N–C) groups is 2. The van der Waals surface area contributed by atoms with E-state index in [-0.39, 0.29) is 28.1 Å². The molecule has 0 radical (unpaired) electrons. The standard InChI is InChI=1S/2C17H15N3O.2ClHO4.Ni/c2*1-20(2)13-7-5-12(6-8-13)19-15-9-10-16(21)17-14(15)4-3-11-18-17;2*2-1(3,4)5;/h2*3-11H,1-2H3;2*(H,2,3,4,5);/q;;;;+2/p-2. The Labute approximate surface area is 318 Å². The van der Waals surface area contributed by atoms with Crippen LogP contribution in [-0.2, 0) is 16.5 Å². The zero-order valence-corrected chi connectivity index (χ0v) is 30.7. The fourth-order valence-corrected chi connectivity index (χ4v) is 4.39. The van der Waals surface area contributed by atoms with Gasteiger partial charge in [0.05, 0.1) is 22.8 Å². The molecular weight excluding hydrogens is 782 g/mol. The van der Waals surface area contributed by atoms with Crippen LogP contribution in [0, 0.1) is 20.5 Å². The number of hydrogen-bond acceptors (Lipinski definition) is 16. The molecule has 0 unspecified atom stereocenters. The molecule has 16 nitrogen and oxygen atoms in total. The summed E-state index contributed by atoms with van der Waals surface area (Å²) in [6, 6.07) is 23.3. The van der Waals surface area contributed by atoms with Gasteiger partial charge in [-0.3, -0.25) is 19.6 Å². The predicted molar refractivity (Wildman–Crippen MR) is 169 cm³/mol.